The predicted molar refractivity (Wildman–Crippen MR) is 220 cm³/mol. The van der Waals surface area contributed by atoms with Gasteiger partial charge in [0.1, 0.15) is 11.0 Å². The van der Waals surface area contributed by atoms with E-state index in [-0.39, 0.29) is 0 Å². The Hall–Kier alpha value is -7.16. The maximum absolute atomic E-state index is 5.20. The molecule has 7 aromatic carbocycles. The second kappa shape index (κ2) is 12.2. The molecular weight excluding hydrogens is 683 g/mol. The second-order valence-corrected chi connectivity index (χ2v) is 13.8. The first-order chi connectivity index (χ1) is 26.8. The van der Waals surface area contributed by atoms with Crippen molar-refractivity contribution in [3.8, 4) is 51.1 Å². The van der Waals surface area contributed by atoms with E-state index in [1.165, 1.54) is 22.5 Å². The van der Waals surface area contributed by atoms with Crippen molar-refractivity contribution in [2.75, 3.05) is 0 Å². The summed E-state index contributed by atoms with van der Waals surface area (Å²) in [6, 6.07) is 56.3. The average molecular weight is 710 g/mol. The van der Waals surface area contributed by atoms with E-state index in [1.54, 1.807) is 0 Å². The van der Waals surface area contributed by atoms with Gasteiger partial charge in [-0.25, -0.2) is 19.9 Å². The lowest BCUT2D eigenvalue weighted by atomic mass is 9.96. The lowest BCUT2D eigenvalue weighted by Crippen LogP contribution is -2.01. The van der Waals surface area contributed by atoms with Crippen LogP contribution in [0.25, 0.3) is 106 Å². The Bertz CT molecular complexity index is 3160. The number of hydrogen-bond acceptors (Lipinski definition) is 7. The highest BCUT2D eigenvalue weighted by Crippen LogP contribution is 2.41. The van der Waals surface area contributed by atoms with Crippen molar-refractivity contribution >= 4 is 66.2 Å². The van der Waals surface area contributed by atoms with Crippen LogP contribution < -0.4 is 0 Å². The summed E-state index contributed by atoms with van der Waals surface area (Å²) < 4.78 is 12.1. The van der Waals surface area contributed by atoms with Gasteiger partial charge >= 0.3 is 0 Å². The summed E-state index contributed by atoms with van der Waals surface area (Å²) in [6.07, 6.45) is 0. The van der Waals surface area contributed by atoms with Gasteiger partial charge in [-0.3, -0.25) is 0 Å². The van der Waals surface area contributed by atoms with Crippen LogP contribution in [0.2, 0.25) is 0 Å². The Labute approximate surface area is 313 Å². The molecule has 0 radical (unpaired) electrons. The number of pyridine rings is 1. The first-order valence-electron chi connectivity index (χ1n) is 17.7. The van der Waals surface area contributed by atoms with Crippen LogP contribution in [0.15, 0.2) is 164 Å². The molecule has 11 rings (SSSR count). The van der Waals surface area contributed by atoms with Gasteiger partial charge in [-0.2, -0.15) is 8.75 Å². The van der Waals surface area contributed by atoms with Crippen molar-refractivity contribution < 1.29 is 0 Å². The molecule has 0 amide bonds. The molecule has 0 saturated heterocycles. The maximum Gasteiger partial charge on any atom is 0.166 e. The smallest absolute Gasteiger partial charge is 0.166 e. The second-order valence-electron chi connectivity index (χ2n) is 13.2. The average Bonchev–Trinajstić information content (AvgIpc) is 3.87. The third kappa shape index (κ3) is 4.81. The third-order valence-corrected chi connectivity index (χ3v) is 10.6. The molecule has 54 heavy (non-hydrogen) atoms. The lowest BCUT2D eigenvalue weighted by molar-refractivity contribution is 1.07. The van der Waals surface area contributed by atoms with E-state index >= 15 is 0 Å². The number of aromatic nitrogens is 7. The number of hydrogen-bond donors (Lipinski definition) is 0. The third-order valence-electron chi connectivity index (χ3n) is 10.1. The Balaban J connectivity index is 1.13. The molecule has 8 heteroatoms. The summed E-state index contributed by atoms with van der Waals surface area (Å²) in [5.74, 6) is 1.68. The zero-order chi connectivity index (χ0) is 35.6. The van der Waals surface area contributed by atoms with E-state index in [9.17, 15) is 0 Å². The Morgan fingerprint density at radius 3 is 1.63 bits per heavy atom. The molecule has 0 fully saturated rings. The monoisotopic (exact) mass is 709 g/mol. The van der Waals surface area contributed by atoms with Gasteiger partial charge in [-0.1, -0.05) is 115 Å². The zero-order valence-corrected chi connectivity index (χ0v) is 29.4. The molecule has 0 N–H and O–H groups in total. The van der Waals surface area contributed by atoms with Crippen LogP contribution >= 0.6 is 11.7 Å². The molecule has 0 aliphatic heterocycles. The Morgan fingerprint density at radius 1 is 0.407 bits per heavy atom. The van der Waals surface area contributed by atoms with Crippen molar-refractivity contribution in [1.82, 2.24) is 33.3 Å². The van der Waals surface area contributed by atoms with Crippen LogP contribution in [-0.4, -0.2) is 33.3 Å². The number of rotatable bonds is 5. The fourth-order valence-electron chi connectivity index (χ4n) is 7.65. The molecule has 0 aliphatic rings. The molecule has 7 nitrogen and oxygen atoms in total. The van der Waals surface area contributed by atoms with Gasteiger partial charge in [0.2, 0.25) is 0 Å². The molecule has 0 unspecified atom stereocenters. The van der Waals surface area contributed by atoms with Crippen LogP contribution in [0.1, 0.15) is 0 Å². The van der Waals surface area contributed by atoms with E-state index in [0.29, 0.717) is 17.5 Å². The van der Waals surface area contributed by atoms with Crippen molar-refractivity contribution in [3.05, 3.63) is 164 Å². The van der Waals surface area contributed by atoms with E-state index in [0.717, 1.165) is 77.4 Å². The van der Waals surface area contributed by atoms with E-state index in [1.807, 2.05) is 60.7 Å². The summed E-state index contributed by atoms with van der Waals surface area (Å²) in [6.45, 7) is 0. The summed E-state index contributed by atoms with van der Waals surface area (Å²) in [5, 5.41) is 5.47. The fraction of sp³-hybridized carbons (Fsp3) is 0. The minimum absolute atomic E-state index is 0.525. The van der Waals surface area contributed by atoms with Crippen LogP contribution in [0.4, 0.5) is 0 Å². The largest absolute Gasteiger partial charge is 0.309 e. The van der Waals surface area contributed by atoms with Gasteiger partial charge in [-0.05, 0) is 48.5 Å². The van der Waals surface area contributed by atoms with E-state index in [2.05, 4.69) is 108 Å². The minimum atomic E-state index is 0.525. The van der Waals surface area contributed by atoms with Gasteiger partial charge in [0.15, 0.2) is 17.5 Å². The van der Waals surface area contributed by atoms with Crippen LogP contribution in [0.5, 0.6) is 0 Å². The number of fused-ring (bicyclic) bond motifs is 8. The molecule has 0 bridgehead atoms. The Kier molecular flexibility index (Phi) is 6.90. The first kappa shape index (κ1) is 30.5. The van der Waals surface area contributed by atoms with Gasteiger partial charge in [-0.15, -0.1) is 0 Å². The van der Waals surface area contributed by atoms with Gasteiger partial charge in [0.25, 0.3) is 0 Å². The Morgan fingerprint density at radius 2 is 0.944 bits per heavy atom. The summed E-state index contributed by atoms with van der Waals surface area (Å²) in [7, 11) is 0. The highest BCUT2D eigenvalue weighted by atomic mass is 32.1. The molecule has 0 atom stereocenters. The van der Waals surface area contributed by atoms with E-state index < -0.39 is 0 Å². The van der Waals surface area contributed by atoms with Gasteiger partial charge in [0, 0.05) is 54.9 Å². The number of para-hydroxylation sites is 3. The van der Waals surface area contributed by atoms with Crippen molar-refractivity contribution in [2.24, 2.45) is 0 Å². The highest BCUT2D eigenvalue weighted by Gasteiger charge is 2.22. The molecule has 0 spiro atoms. The topological polar surface area (TPSA) is 82.3 Å². The maximum atomic E-state index is 5.20. The summed E-state index contributed by atoms with van der Waals surface area (Å²) in [5.41, 5.74) is 10.3. The first-order valence-corrected chi connectivity index (χ1v) is 18.5. The SMILES string of the molecule is c1ccc(-c2nc(-c3ccc(-n4c5ccccc5c5ccccc54)cc3)nc(-c3cc4c(-c5ccccc5)nc5ccccc5c4c4nsnc34)n2)cc1. The van der Waals surface area contributed by atoms with Crippen molar-refractivity contribution in [1.29, 1.82) is 0 Å². The highest BCUT2D eigenvalue weighted by molar-refractivity contribution is 7.00. The van der Waals surface area contributed by atoms with Gasteiger partial charge in [0.05, 0.1) is 34.0 Å². The van der Waals surface area contributed by atoms with Crippen molar-refractivity contribution in [3.63, 3.8) is 0 Å². The normalized spacial score (nSPS) is 11.7. The quantitative estimate of drug-likeness (QED) is 0.165. The standard InChI is InChI=1S/C46H27N7S/c1-3-13-28(14-4-1)41-35-27-36(42-43(52-54-51-42)40(35)34-19-7-10-20-37(34)47-41)46-49-44(29-15-5-2-6-16-29)48-45(50-46)30-23-25-31(26-24-30)53-38-21-11-8-17-32(38)33-18-9-12-22-39(33)53/h1-27H. The zero-order valence-electron chi connectivity index (χ0n) is 28.6. The number of benzene rings is 7. The molecule has 0 aliphatic carbocycles. The van der Waals surface area contributed by atoms with Crippen molar-refractivity contribution in [2.45, 2.75) is 0 Å². The molecule has 252 valence electrons. The molecule has 11 aromatic rings. The lowest BCUT2D eigenvalue weighted by Gasteiger charge is -2.13. The number of nitrogens with zero attached hydrogens (tertiary/aromatic N) is 7. The molecule has 4 heterocycles. The minimum Gasteiger partial charge on any atom is -0.309 e. The summed E-state index contributed by atoms with van der Waals surface area (Å²) in [4.78, 5) is 20.5. The van der Waals surface area contributed by atoms with Crippen LogP contribution in [0.3, 0.4) is 0 Å². The predicted octanol–water partition coefficient (Wildman–Crippen LogP) is 11.3. The van der Waals surface area contributed by atoms with E-state index in [4.69, 9.17) is 28.7 Å². The molecule has 4 aromatic heterocycles. The van der Waals surface area contributed by atoms with Crippen LogP contribution in [-0.2, 0) is 0 Å². The fourth-order valence-corrected chi connectivity index (χ4v) is 8.22. The molecular formula is C46H27N7S. The molecule has 0 saturated carbocycles. The van der Waals surface area contributed by atoms with Gasteiger partial charge < -0.3 is 4.57 Å². The summed E-state index contributed by atoms with van der Waals surface area (Å²) >= 11 is 1.20. The van der Waals surface area contributed by atoms with Crippen LogP contribution in [0, 0.1) is 0 Å².